The zero-order chi connectivity index (χ0) is 11.7. The van der Waals surface area contributed by atoms with E-state index in [1.807, 2.05) is 7.05 Å². The molecule has 0 fully saturated rings. The summed E-state index contributed by atoms with van der Waals surface area (Å²) in [6.45, 7) is 5.82. The van der Waals surface area contributed by atoms with Gasteiger partial charge < -0.3 is 10.6 Å². The van der Waals surface area contributed by atoms with Gasteiger partial charge in [0.25, 0.3) is 0 Å². The van der Waals surface area contributed by atoms with Crippen LogP contribution in [-0.4, -0.2) is 37.1 Å². The van der Waals surface area contributed by atoms with Crippen molar-refractivity contribution in [3.8, 4) is 0 Å². The Labute approximate surface area is 91.8 Å². The summed E-state index contributed by atoms with van der Waals surface area (Å²) < 4.78 is 0. The second kappa shape index (κ2) is 7.59. The Hall–Kier alpha value is -0.680. The lowest BCUT2D eigenvalue weighted by Crippen LogP contribution is -2.46. The van der Waals surface area contributed by atoms with E-state index >= 15 is 0 Å². The van der Waals surface area contributed by atoms with E-state index in [0.29, 0.717) is 13.0 Å². The molecular formula is C10H23N3O2. The minimum atomic E-state index is -0.816. The third-order valence-electron chi connectivity index (χ3n) is 2.57. The van der Waals surface area contributed by atoms with E-state index in [2.05, 4.69) is 17.6 Å². The van der Waals surface area contributed by atoms with Crippen LogP contribution in [-0.2, 0) is 0 Å². The zero-order valence-electron chi connectivity index (χ0n) is 10.0. The van der Waals surface area contributed by atoms with Crippen LogP contribution in [0.4, 0.5) is 0 Å². The van der Waals surface area contributed by atoms with Gasteiger partial charge in [0.05, 0.1) is 6.54 Å². The van der Waals surface area contributed by atoms with E-state index in [-0.39, 0.29) is 4.92 Å². The average molecular weight is 217 g/mol. The van der Waals surface area contributed by atoms with E-state index in [9.17, 15) is 10.1 Å². The summed E-state index contributed by atoms with van der Waals surface area (Å²) in [5.74, 6) is 0. The third-order valence-corrected chi connectivity index (χ3v) is 2.57. The van der Waals surface area contributed by atoms with Gasteiger partial charge in [-0.25, -0.2) is 0 Å². The van der Waals surface area contributed by atoms with Crippen LogP contribution in [0.3, 0.4) is 0 Å². The second-order valence-electron chi connectivity index (χ2n) is 4.14. The van der Waals surface area contributed by atoms with Crippen LogP contribution in [0, 0.1) is 10.1 Å². The molecule has 0 aromatic rings. The fourth-order valence-electron chi connectivity index (χ4n) is 1.37. The zero-order valence-corrected chi connectivity index (χ0v) is 10.0. The monoisotopic (exact) mass is 217 g/mol. The largest absolute Gasteiger partial charge is 0.318 e. The number of nitrogens with one attached hydrogen (secondary N) is 2. The molecule has 0 heterocycles. The summed E-state index contributed by atoms with van der Waals surface area (Å²) in [5, 5.41) is 17.0. The van der Waals surface area contributed by atoms with Crippen LogP contribution < -0.4 is 10.6 Å². The van der Waals surface area contributed by atoms with Gasteiger partial charge >= 0.3 is 0 Å². The topological polar surface area (TPSA) is 67.2 Å². The summed E-state index contributed by atoms with van der Waals surface area (Å²) in [7, 11) is 1.87. The standard InChI is InChI=1S/C10H23N3O2/c1-4-5-6-10(2,13(14)15)9-12-8-7-11-3/h11-12H,4-9H2,1-3H3. The maximum atomic E-state index is 10.9. The van der Waals surface area contributed by atoms with Crippen molar-refractivity contribution in [2.75, 3.05) is 26.7 Å². The summed E-state index contributed by atoms with van der Waals surface area (Å²) in [5.41, 5.74) is -0.816. The maximum absolute atomic E-state index is 10.9. The van der Waals surface area contributed by atoms with Crippen molar-refractivity contribution in [1.29, 1.82) is 0 Å². The molecular weight excluding hydrogens is 194 g/mol. The van der Waals surface area contributed by atoms with Crippen LogP contribution in [0.15, 0.2) is 0 Å². The molecule has 15 heavy (non-hydrogen) atoms. The fourth-order valence-corrected chi connectivity index (χ4v) is 1.37. The fraction of sp³-hybridized carbons (Fsp3) is 1.00. The van der Waals surface area contributed by atoms with Gasteiger partial charge in [-0.1, -0.05) is 13.3 Å². The highest BCUT2D eigenvalue weighted by molar-refractivity contribution is 4.76. The van der Waals surface area contributed by atoms with Gasteiger partial charge in [-0.2, -0.15) is 0 Å². The minimum absolute atomic E-state index is 0.158. The smallest absolute Gasteiger partial charge is 0.231 e. The summed E-state index contributed by atoms with van der Waals surface area (Å²) >= 11 is 0. The van der Waals surface area contributed by atoms with Crippen molar-refractivity contribution >= 4 is 0 Å². The molecule has 0 aromatic carbocycles. The minimum Gasteiger partial charge on any atom is -0.318 e. The Bertz CT molecular complexity index is 188. The number of rotatable bonds is 9. The van der Waals surface area contributed by atoms with Crippen molar-refractivity contribution in [1.82, 2.24) is 10.6 Å². The van der Waals surface area contributed by atoms with E-state index < -0.39 is 5.54 Å². The van der Waals surface area contributed by atoms with Crippen LogP contribution >= 0.6 is 0 Å². The number of nitro groups is 1. The molecule has 0 aromatic heterocycles. The molecule has 0 radical (unpaired) electrons. The molecule has 0 saturated heterocycles. The highest BCUT2D eigenvalue weighted by atomic mass is 16.6. The SMILES string of the molecule is CCCCC(C)(CNCCNC)[N+](=O)[O-]. The molecule has 1 atom stereocenters. The molecule has 0 aliphatic carbocycles. The Morgan fingerprint density at radius 3 is 2.53 bits per heavy atom. The number of nitrogens with zero attached hydrogens (tertiary/aromatic N) is 1. The van der Waals surface area contributed by atoms with E-state index in [4.69, 9.17) is 0 Å². The van der Waals surface area contributed by atoms with Gasteiger partial charge in [0.2, 0.25) is 5.54 Å². The first-order chi connectivity index (χ1) is 7.06. The molecule has 0 aliphatic heterocycles. The lowest BCUT2D eigenvalue weighted by Gasteiger charge is -2.21. The maximum Gasteiger partial charge on any atom is 0.231 e. The van der Waals surface area contributed by atoms with Crippen LogP contribution in [0.2, 0.25) is 0 Å². The number of hydrogen-bond acceptors (Lipinski definition) is 4. The van der Waals surface area contributed by atoms with Crippen LogP contribution in [0.25, 0.3) is 0 Å². The Morgan fingerprint density at radius 1 is 1.40 bits per heavy atom. The molecule has 2 N–H and O–H groups in total. The van der Waals surface area contributed by atoms with Crippen molar-refractivity contribution in [2.45, 2.75) is 38.6 Å². The van der Waals surface area contributed by atoms with Crippen LogP contribution in [0.5, 0.6) is 0 Å². The lowest BCUT2D eigenvalue weighted by atomic mass is 9.96. The van der Waals surface area contributed by atoms with Crippen molar-refractivity contribution in [3.05, 3.63) is 10.1 Å². The third kappa shape index (κ3) is 5.69. The van der Waals surface area contributed by atoms with Gasteiger partial charge in [0, 0.05) is 31.4 Å². The summed E-state index contributed by atoms with van der Waals surface area (Å²) in [6, 6.07) is 0. The molecule has 5 nitrogen and oxygen atoms in total. The molecule has 0 rings (SSSR count). The molecule has 0 amide bonds. The molecule has 90 valence electrons. The number of unbranched alkanes of at least 4 members (excludes halogenated alkanes) is 1. The first-order valence-electron chi connectivity index (χ1n) is 5.56. The van der Waals surface area contributed by atoms with E-state index in [1.165, 1.54) is 0 Å². The normalized spacial score (nSPS) is 14.9. The summed E-state index contributed by atoms with van der Waals surface area (Å²) in [4.78, 5) is 10.8. The molecule has 1 unspecified atom stereocenters. The first kappa shape index (κ1) is 14.3. The molecule has 0 bridgehead atoms. The summed E-state index contributed by atoms with van der Waals surface area (Å²) in [6.07, 6.45) is 2.55. The molecule has 5 heteroatoms. The number of hydrogen-bond donors (Lipinski definition) is 2. The Kier molecular flexibility index (Phi) is 7.25. The van der Waals surface area contributed by atoms with E-state index in [1.54, 1.807) is 6.92 Å². The Morgan fingerprint density at radius 2 is 2.07 bits per heavy atom. The highest BCUT2D eigenvalue weighted by Crippen LogP contribution is 2.16. The molecule has 0 spiro atoms. The second-order valence-corrected chi connectivity index (χ2v) is 4.14. The van der Waals surface area contributed by atoms with Gasteiger partial charge in [-0.05, 0) is 13.5 Å². The quantitative estimate of drug-likeness (QED) is 0.344. The van der Waals surface area contributed by atoms with Gasteiger partial charge in [-0.15, -0.1) is 0 Å². The van der Waals surface area contributed by atoms with Crippen LogP contribution in [0.1, 0.15) is 33.1 Å². The van der Waals surface area contributed by atoms with E-state index in [0.717, 1.165) is 25.9 Å². The molecule has 0 aliphatic rings. The van der Waals surface area contributed by atoms with Crippen molar-refractivity contribution in [3.63, 3.8) is 0 Å². The Balaban J connectivity index is 3.96. The first-order valence-corrected chi connectivity index (χ1v) is 5.56. The average Bonchev–Trinajstić information content (AvgIpc) is 2.21. The predicted molar refractivity (Wildman–Crippen MR) is 61.7 cm³/mol. The van der Waals surface area contributed by atoms with Gasteiger partial charge in [-0.3, -0.25) is 10.1 Å². The lowest BCUT2D eigenvalue weighted by molar-refractivity contribution is -0.564. The predicted octanol–water partition coefficient (Wildman–Crippen LogP) is 1.02. The van der Waals surface area contributed by atoms with Gasteiger partial charge in [0.15, 0.2) is 0 Å². The van der Waals surface area contributed by atoms with Crippen molar-refractivity contribution in [2.24, 2.45) is 0 Å². The highest BCUT2D eigenvalue weighted by Gasteiger charge is 2.35. The van der Waals surface area contributed by atoms with Gasteiger partial charge in [0.1, 0.15) is 0 Å². The molecule has 0 saturated carbocycles. The number of likely N-dealkylation sites (N-methyl/N-ethyl adjacent to an activating group) is 1. The van der Waals surface area contributed by atoms with Crippen molar-refractivity contribution < 1.29 is 4.92 Å².